The number of hydrogen-bond acceptors (Lipinski definition) is 2. The Morgan fingerprint density at radius 1 is 1.17 bits per heavy atom. The second-order valence-electron chi connectivity index (χ2n) is 6.77. The summed E-state index contributed by atoms with van der Waals surface area (Å²) in [6, 6.07) is 0.753. The second kappa shape index (κ2) is 8.16. The van der Waals surface area contributed by atoms with Gasteiger partial charge in [-0.25, -0.2) is 0 Å². The van der Waals surface area contributed by atoms with Crippen LogP contribution in [-0.4, -0.2) is 26.3 Å². The zero-order valence-corrected chi connectivity index (χ0v) is 12.9. The summed E-state index contributed by atoms with van der Waals surface area (Å²) in [6.45, 7) is 9.01. The van der Waals surface area contributed by atoms with Gasteiger partial charge in [0.15, 0.2) is 0 Å². The van der Waals surface area contributed by atoms with Crippen LogP contribution in [0.15, 0.2) is 0 Å². The molecule has 2 atom stereocenters. The Hall–Kier alpha value is -0.0800. The lowest BCUT2D eigenvalue weighted by Gasteiger charge is -2.28. The molecule has 0 radical (unpaired) electrons. The molecular formula is C16H33NO. The molecule has 0 aromatic heterocycles. The molecule has 108 valence electrons. The molecule has 2 unspecified atom stereocenters. The highest BCUT2D eigenvalue weighted by molar-refractivity contribution is 4.78. The average Bonchev–Trinajstić information content (AvgIpc) is 2.59. The Bertz CT molecular complexity index is 215. The molecule has 0 aliphatic heterocycles. The molecule has 18 heavy (non-hydrogen) atoms. The summed E-state index contributed by atoms with van der Waals surface area (Å²) in [4.78, 5) is 0. The normalized spacial score (nSPS) is 26.0. The van der Waals surface area contributed by atoms with Crippen LogP contribution in [0.25, 0.3) is 0 Å². The van der Waals surface area contributed by atoms with Gasteiger partial charge >= 0.3 is 0 Å². The third-order valence-electron chi connectivity index (χ3n) is 4.52. The van der Waals surface area contributed by atoms with Crippen molar-refractivity contribution in [3.8, 4) is 0 Å². The molecule has 2 heteroatoms. The minimum atomic E-state index is 0.354. The van der Waals surface area contributed by atoms with E-state index in [1.807, 2.05) is 0 Å². The summed E-state index contributed by atoms with van der Waals surface area (Å²) in [5.74, 6) is 0.985. The molecule has 1 rings (SSSR count). The van der Waals surface area contributed by atoms with Crippen molar-refractivity contribution in [1.82, 2.24) is 5.32 Å². The van der Waals surface area contributed by atoms with Crippen LogP contribution in [0.5, 0.6) is 0 Å². The highest BCUT2D eigenvalue weighted by Gasteiger charge is 2.21. The van der Waals surface area contributed by atoms with Crippen molar-refractivity contribution in [3.63, 3.8) is 0 Å². The van der Waals surface area contributed by atoms with Crippen LogP contribution < -0.4 is 5.32 Å². The van der Waals surface area contributed by atoms with E-state index in [0.29, 0.717) is 5.41 Å². The Morgan fingerprint density at radius 3 is 2.61 bits per heavy atom. The lowest BCUT2D eigenvalue weighted by Crippen LogP contribution is -2.37. The van der Waals surface area contributed by atoms with Gasteiger partial charge in [0.1, 0.15) is 0 Å². The predicted octanol–water partition coefficient (Wildman–Crippen LogP) is 4.00. The lowest BCUT2D eigenvalue weighted by atomic mass is 9.89. The first-order chi connectivity index (χ1) is 8.57. The van der Waals surface area contributed by atoms with E-state index in [1.165, 1.54) is 38.5 Å². The first kappa shape index (κ1) is 16.0. The maximum atomic E-state index is 5.19. The molecule has 0 heterocycles. The van der Waals surface area contributed by atoms with Crippen LogP contribution in [0.3, 0.4) is 0 Å². The third-order valence-corrected chi connectivity index (χ3v) is 4.52. The summed E-state index contributed by atoms with van der Waals surface area (Å²) in [5.41, 5.74) is 0.354. The summed E-state index contributed by atoms with van der Waals surface area (Å²) in [7, 11) is 1.79. The van der Waals surface area contributed by atoms with Gasteiger partial charge < -0.3 is 10.1 Å². The molecule has 1 aliphatic carbocycles. The Morgan fingerprint density at radius 2 is 1.94 bits per heavy atom. The Labute approximate surface area is 114 Å². The van der Waals surface area contributed by atoms with Gasteiger partial charge in [0.25, 0.3) is 0 Å². The molecule has 0 aromatic carbocycles. The smallest absolute Gasteiger partial charge is 0.0467 e. The zero-order chi connectivity index (χ0) is 13.4. The van der Waals surface area contributed by atoms with E-state index in [-0.39, 0.29) is 0 Å². The highest BCUT2D eigenvalue weighted by atomic mass is 16.5. The maximum absolute atomic E-state index is 5.19. The number of nitrogens with one attached hydrogen (secondary N) is 1. The predicted molar refractivity (Wildman–Crippen MR) is 78.9 cm³/mol. The van der Waals surface area contributed by atoms with Crippen LogP contribution in [0.4, 0.5) is 0 Å². The van der Waals surface area contributed by atoms with E-state index in [9.17, 15) is 0 Å². The van der Waals surface area contributed by atoms with Crippen molar-refractivity contribution >= 4 is 0 Å². The van der Waals surface area contributed by atoms with E-state index in [4.69, 9.17) is 4.74 Å². The molecule has 0 amide bonds. The molecule has 0 bridgehead atoms. The van der Waals surface area contributed by atoms with E-state index < -0.39 is 0 Å². The van der Waals surface area contributed by atoms with Crippen molar-refractivity contribution in [2.45, 2.75) is 71.8 Å². The van der Waals surface area contributed by atoms with Gasteiger partial charge in [-0.2, -0.15) is 0 Å². The van der Waals surface area contributed by atoms with Gasteiger partial charge in [0.05, 0.1) is 0 Å². The second-order valence-corrected chi connectivity index (χ2v) is 6.77. The van der Waals surface area contributed by atoms with Crippen LogP contribution in [0, 0.1) is 11.3 Å². The van der Waals surface area contributed by atoms with Crippen LogP contribution in [0.2, 0.25) is 0 Å². The number of ether oxygens (including phenoxy) is 1. The van der Waals surface area contributed by atoms with Crippen molar-refractivity contribution in [3.05, 3.63) is 0 Å². The van der Waals surface area contributed by atoms with E-state index in [2.05, 4.69) is 26.1 Å². The van der Waals surface area contributed by atoms with Gasteiger partial charge in [0.2, 0.25) is 0 Å². The fraction of sp³-hybridized carbons (Fsp3) is 1.00. The van der Waals surface area contributed by atoms with Crippen molar-refractivity contribution in [2.75, 3.05) is 20.3 Å². The Kier molecular flexibility index (Phi) is 7.25. The minimum Gasteiger partial charge on any atom is -0.385 e. The van der Waals surface area contributed by atoms with Gasteiger partial charge in [0, 0.05) is 26.3 Å². The molecule has 0 saturated heterocycles. The summed E-state index contributed by atoms with van der Waals surface area (Å²) >= 11 is 0. The van der Waals surface area contributed by atoms with Crippen molar-refractivity contribution < 1.29 is 4.74 Å². The summed E-state index contributed by atoms with van der Waals surface area (Å²) < 4.78 is 5.19. The maximum Gasteiger partial charge on any atom is 0.0467 e. The quantitative estimate of drug-likeness (QED) is 0.694. The van der Waals surface area contributed by atoms with E-state index in [1.54, 1.807) is 7.11 Å². The van der Waals surface area contributed by atoms with E-state index >= 15 is 0 Å². The van der Waals surface area contributed by atoms with Gasteiger partial charge in [-0.15, -0.1) is 0 Å². The Balaban J connectivity index is 2.25. The first-order valence-electron chi connectivity index (χ1n) is 7.79. The van der Waals surface area contributed by atoms with Crippen LogP contribution in [-0.2, 0) is 4.74 Å². The number of methoxy groups -OCH3 is 1. The fourth-order valence-electron chi connectivity index (χ4n) is 2.88. The molecule has 1 aliphatic rings. The topological polar surface area (TPSA) is 21.3 Å². The number of rotatable bonds is 7. The molecule has 1 saturated carbocycles. The third kappa shape index (κ3) is 6.19. The fourth-order valence-corrected chi connectivity index (χ4v) is 2.88. The minimum absolute atomic E-state index is 0.354. The standard InChI is InChI=1S/C16H33NO/c1-5-14-7-6-8-15(10-9-14)17-13-16(2,3)11-12-18-4/h14-15,17H,5-13H2,1-4H3. The summed E-state index contributed by atoms with van der Waals surface area (Å²) in [6.07, 6.45) is 9.53. The largest absolute Gasteiger partial charge is 0.385 e. The van der Waals surface area contributed by atoms with Crippen LogP contribution in [0.1, 0.15) is 65.7 Å². The highest BCUT2D eigenvalue weighted by Crippen LogP contribution is 2.26. The van der Waals surface area contributed by atoms with E-state index in [0.717, 1.165) is 31.5 Å². The first-order valence-corrected chi connectivity index (χ1v) is 7.79. The van der Waals surface area contributed by atoms with Gasteiger partial charge in [-0.3, -0.25) is 0 Å². The van der Waals surface area contributed by atoms with Crippen molar-refractivity contribution in [2.24, 2.45) is 11.3 Å². The SMILES string of the molecule is CCC1CCCC(NCC(C)(C)CCOC)CC1. The van der Waals surface area contributed by atoms with Crippen molar-refractivity contribution in [1.29, 1.82) is 0 Å². The molecule has 2 nitrogen and oxygen atoms in total. The monoisotopic (exact) mass is 255 g/mol. The van der Waals surface area contributed by atoms with Crippen LogP contribution >= 0.6 is 0 Å². The number of hydrogen-bond donors (Lipinski definition) is 1. The summed E-state index contributed by atoms with van der Waals surface area (Å²) in [5, 5.41) is 3.80. The zero-order valence-electron chi connectivity index (χ0n) is 12.9. The van der Waals surface area contributed by atoms with Gasteiger partial charge in [-0.1, -0.05) is 40.0 Å². The molecular weight excluding hydrogens is 222 g/mol. The molecule has 1 fully saturated rings. The average molecular weight is 255 g/mol. The lowest BCUT2D eigenvalue weighted by molar-refractivity contribution is 0.148. The van der Waals surface area contributed by atoms with Gasteiger partial charge in [-0.05, 0) is 37.0 Å². The molecule has 0 aromatic rings. The molecule has 1 N–H and O–H groups in total. The molecule has 0 spiro atoms.